The van der Waals surface area contributed by atoms with E-state index in [2.05, 4.69) is 29.4 Å². The summed E-state index contributed by atoms with van der Waals surface area (Å²) in [6.45, 7) is 4.56. The molecule has 0 fully saturated rings. The minimum absolute atomic E-state index is 0.0548. The van der Waals surface area contributed by atoms with Crippen LogP contribution in [-0.2, 0) is 0 Å². The first kappa shape index (κ1) is 20.2. The maximum atomic E-state index is 13.2. The molecule has 0 heterocycles. The Labute approximate surface area is 139 Å². The van der Waals surface area contributed by atoms with E-state index < -0.39 is 36.1 Å². The highest BCUT2D eigenvalue weighted by molar-refractivity contribution is 5.74. The number of urea groups is 1. The molecule has 0 bridgehead atoms. The quantitative estimate of drug-likeness (QED) is 0.632. The molecule has 2 unspecified atom stereocenters. The highest BCUT2D eigenvalue weighted by atomic mass is 19.2. The smallest absolute Gasteiger partial charge is 0.315 e. The molecule has 136 valence electrons. The van der Waals surface area contributed by atoms with Crippen LogP contribution in [0.5, 0.6) is 0 Å². The molecule has 0 aliphatic heterocycles. The Morgan fingerprint density at radius 3 is 2.38 bits per heavy atom. The number of amides is 2. The highest BCUT2D eigenvalue weighted by Gasteiger charge is 2.18. The lowest BCUT2D eigenvalue weighted by atomic mass is 10.1. The second kappa shape index (κ2) is 9.48. The van der Waals surface area contributed by atoms with Crippen LogP contribution in [0.25, 0.3) is 0 Å². The van der Waals surface area contributed by atoms with Crippen LogP contribution in [0.1, 0.15) is 31.9 Å². The van der Waals surface area contributed by atoms with Gasteiger partial charge in [0.05, 0.1) is 12.6 Å². The topological polar surface area (TPSA) is 64.6 Å². The van der Waals surface area contributed by atoms with Crippen LogP contribution in [-0.4, -0.2) is 48.8 Å². The third-order valence-corrected chi connectivity index (χ3v) is 3.99. The zero-order valence-electron chi connectivity index (χ0n) is 14.1. The Morgan fingerprint density at radius 2 is 1.88 bits per heavy atom. The SMILES string of the molecule is CCC(C)N(C)CCNC(=O)NC(CO)c1cc(F)c(F)c(F)c1. The standard InChI is InChI=1S/C16H24F3N3O2/c1-4-10(2)22(3)6-5-20-16(24)21-14(9-23)11-7-12(17)15(19)13(18)8-11/h7-8,10,14,23H,4-6,9H2,1-3H3,(H2,20,21,24). The predicted octanol–water partition coefficient (Wildman–Crippen LogP) is 2.17. The van der Waals surface area contributed by atoms with Gasteiger partial charge in [-0.05, 0) is 38.1 Å². The first-order valence-corrected chi connectivity index (χ1v) is 7.80. The maximum absolute atomic E-state index is 13.2. The maximum Gasteiger partial charge on any atom is 0.315 e. The van der Waals surface area contributed by atoms with Crippen LogP contribution in [0.2, 0.25) is 0 Å². The van der Waals surface area contributed by atoms with Crippen LogP contribution in [0.3, 0.4) is 0 Å². The van der Waals surface area contributed by atoms with E-state index in [1.54, 1.807) is 0 Å². The summed E-state index contributed by atoms with van der Waals surface area (Å²) < 4.78 is 39.4. The fraction of sp³-hybridized carbons (Fsp3) is 0.562. The van der Waals surface area contributed by atoms with E-state index in [9.17, 15) is 23.1 Å². The molecule has 24 heavy (non-hydrogen) atoms. The fourth-order valence-electron chi connectivity index (χ4n) is 2.10. The molecule has 5 nitrogen and oxygen atoms in total. The van der Waals surface area contributed by atoms with Gasteiger partial charge in [-0.15, -0.1) is 0 Å². The van der Waals surface area contributed by atoms with Crippen molar-refractivity contribution in [2.24, 2.45) is 0 Å². The molecule has 0 aliphatic carbocycles. The molecule has 0 radical (unpaired) electrons. The number of carbonyl (C=O) groups excluding carboxylic acids is 1. The van der Waals surface area contributed by atoms with Crippen molar-refractivity contribution in [3.05, 3.63) is 35.1 Å². The Balaban J connectivity index is 2.58. The molecule has 0 aliphatic rings. The molecule has 1 aromatic rings. The first-order valence-electron chi connectivity index (χ1n) is 7.80. The average molecular weight is 347 g/mol. The zero-order valence-corrected chi connectivity index (χ0v) is 14.1. The summed E-state index contributed by atoms with van der Waals surface area (Å²) in [5, 5.41) is 14.3. The van der Waals surface area contributed by atoms with Gasteiger partial charge in [-0.25, -0.2) is 18.0 Å². The van der Waals surface area contributed by atoms with E-state index in [-0.39, 0.29) is 5.56 Å². The number of benzene rings is 1. The Hall–Kier alpha value is -1.80. The number of aliphatic hydroxyl groups is 1. The summed E-state index contributed by atoms with van der Waals surface area (Å²) in [4.78, 5) is 13.9. The average Bonchev–Trinajstić information content (AvgIpc) is 2.56. The Bertz CT molecular complexity index is 534. The van der Waals surface area contributed by atoms with E-state index in [1.807, 2.05) is 7.05 Å². The van der Waals surface area contributed by atoms with Gasteiger partial charge in [0.2, 0.25) is 0 Å². The van der Waals surface area contributed by atoms with E-state index in [0.29, 0.717) is 19.1 Å². The summed E-state index contributed by atoms with van der Waals surface area (Å²) in [5.41, 5.74) is -0.0548. The van der Waals surface area contributed by atoms with Gasteiger partial charge in [-0.3, -0.25) is 0 Å². The minimum Gasteiger partial charge on any atom is -0.394 e. The molecule has 2 atom stereocenters. The predicted molar refractivity (Wildman–Crippen MR) is 85.1 cm³/mol. The van der Waals surface area contributed by atoms with Gasteiger partial charge in [-0.1, -0.05) is 6.92 Å². The van der Waals surface area contributed by atoms with Crippen LogP contribution >= 0.6 is 0 Å². The lowest BCUT2D eigenvalue weighted by molar-refractivity contribution is 0.212. The minimum atomic E-state index is -1.59. The number of nitrogens with zero attached hydrogens (tertiary/aromatic N) is 1. The van der Waals surface area contributed by atoms with Gasteiger partial charge in [0.1, 0.15) is 0 Å². The number of hydrogen-bond acceptors (Lipinski definition) is 3. The second-order valence-corrected chi connectivity index (χ2v) is 5.67. The van der Waals surface area contributed by atoms with E-state index in [1.165, 1.54) is 0 Å². The van der Waals surface area contributed by atoms with Crippen LogP contribution in [0, 0.1) is 17.5 Å². The summed E-state index contributed by atoms with van der Waals surface area (Å²) in [6, 6.07) is 0.246. The lowest BCUT2D eigenvalue weighted by Gasteiger charge is -2.24. The monoisotopic (exact) mass is 347 g/mol. The summed E-state index contributed by atoms with van der Waals surface area (Å²) in [6.07, 6.45) is 0.983. The van der Waals surface area contributed by atoms with E-state index in [4.69, 9.17) is 0 Å². The number of nitrogens with one attached hydrogen (secondary N) is 2. The third kappa shape index (κ3) is 5.68. The van der Waals surface area contributed by atoms with Crippen LogP contribution in [0.15, 0.2) is 12.1 Å². The second-order valence-electron chi connectivity index (χ2n) is 5.67. The molecular formula is C16H24F3N3O2. The van der Waals surface area contributed by atoms with Crippen LogP contribution < -0.4 is 10.6 Å². The van der Waals surface area contributed by atoms with E-state index >= 15 is 0 Å². The number of halogens is 3. The molecular weight excluding hydrogens is 323 g/mol. The summed E-state index contributed by atoms with van der Waals surface area (Å²) in [5.74, 6) is -4.34. The van der Waals surface area contributed by atoms with Crippen molar-refractivity contribution in [1.82, 2.24) is 15.5 Å². The van der Waals surface area contributed by atoms with Gasteiger partial charge in [-0.2, -0.15) is 0 Å². The molecule has 0 saturated carbocycles. The van der Waals surface area contributed by atoms with Gasteiger partial charge in [0, 0.05) is 19.1 Å². The third-order valence-electron chi connectivity index (χ3n) is 3.99. The molecule has 0 saturated heterocycles. The molecule has 1 rings (SSSR count). The van der Waals surface area contributed by atoms with Crippen molar-refractivity contribution in [3.63, 3.8) is 0 Å². The first-order chi connectivity index (χ1) is 11.3. The Morgan fingerprint density at radius 1 is 1.29 bits per heavy atom. The summed E-state index contributed by atoms with van der Waals surface area (Å²) in [7, 11) is 1.94. The number of aliphatic hydroxyl groups excluding tert-OH is 1. The normalized spacial score (nSPS) is 13.7. The molecule has 3 N–H and O–H groups in total. The number of rotatable bonds is 8. The number of likely N-dealkylation sites (N-methyl/N-ethyl adjacent to an activating group) is 1. The molecule has 0 spiro atoms. The van der Waals surface area contributed by atoms with Crippen LogP contribution in [0.4, 0.5) is 18.0 Å². The van der Waals surface area contributed by atoms with Gasteiger partial charge in [0.15, 0.2) is 17.5 Å². The Kier molecular flexibility index (Phi) is 8.00. The lowest BCUT2D eigenvalue weighted by Crippen LogP contribution is -2.43. The van der Waals surface area contributed by atoms with Gasteiger partial charge in [0.25, 0.3) is 0 Å². The van der Waals surface area contributed by atoms with Crippen molar-refractivity contribution in [2.75, 3.05) is 26.7 Å². The van der Waals surface area contributed by atoms with Crippen molar-refractivity contribution < 1.29 is 23.1 Å². The van der Waals surface area contributed by atoms with Crippen molar-refractivity contribution in [2.45, 2.75) is 32.4 Å². The number of hydrogen-bond donors (Lipinski definition) is 3. The summed E-state index contributed by atoms with van der Waals surface area (Å²) >= 11 is 0. The molecule has 0 aromatic heterocycles. The largest absolute Gasteiger partial charge is 0.394 e. The van der Waals surface area contributed by atoms with E-state index in [0.717, 1.165) is 18.6 Å². The molecule has 1 aromatic carbocycles. The van der Waals surface area contributed by atoms with Crippen molar-refractivity contribution in [3.8, 4) is 0 Å². The zero-order chi connectivity index (χ0) is 18.3. The molecule has 8 heteroatoms. The molecule has 2 amide bonds. The number of carbonyl (C=O) groups is 1. The van der Waals surface area contributed by atoms with Gasteiger partial charge >= 0.3 is 6.03 Å². The highest BCUT2D eigenvalue weighted by Crippen LogP contribution is 2.19. The van der Waals surface area contributed by atoms with Crippen molar-refractivity contribution in [1.29, 1.82) is 0 Å². The fourth-order valence-corrected chi connectivity index (χ4v) is 2.10. The van der Waals surface area contributed by atoms with Crippen molar-refractivity contribution >= 4 is 6.03 Å². The van der Waals surface area contributed by atoms with Gasteiger partial charge < -0.3 is 20.6 Å².